The highest BCUT2D eigenvalue weighted by molar-refractivity contribution is 8.26. The van der Waals surface area contributed by atoms with Gasteiger partial charge in [-0.3, -0.25) is 19.8 Å². The number of amides is 3. The van der Waals surface area contributed by atoms with Crippen LogP contribution in [0, 0.1) is 0 Å². The summed E-state index contributed by atoms with van der Waals surface area (Å²) in [5, 5.41) is 1.24. The smallest absolute Gasteiger partial charge is 0.286 e. The maximum atomic E-state index is 13.5. The minimum atomic E-state index is -0.572. The third-order valence-corrected chi connectivity index (χ3v) is 7.14. The molecule has 3 amide bonds. The summed E-state index contributed by atoms with van der Waals surface area (Å²) < 4.78 is 0.125. The third-order valence-electron chi connectivity index (χ3n) is 5.43. The molecule has 2 aliphatic heterocycles. The molecule has 9 heteroatoms. The molecule has 168 valence electrons. The second-order valence-corrected chi connectivity index (χ2v) is 9.58. The Hall–Kier alpha value is -3.46. The van der Waals surface area contributed by atoms with Crippen molar-refractivity contribution in [2.45, 2.75) is 6.54 Å². The molecule has 6 nitrogen and oxygen atoms in total. The topological polar surface area (TPSA) is 69.7 Å². The van der Waals surface area contributed by atoms with Crippen LogP contribution in [0.25, 0.3) is 5.57 Å². The highest BCUT2D eigenvalue weighted by atomic mass is 35.5. The molecule has 2 aliphatic rings. The molecular weight excluding hydrogens is 490 g/mol. The Morgan fingerprint density at radius 3 is 2.35 bits per heavy atom. The second-order valence-electron chi connectivity index (χ2n) is 7.53. The van der Waals surface area contributed by atoms with Gasteiger partial charge in [-0.2, -0.15) is 5.01 Å². The number of carbonyl (C=O) groups excluding carboxylic acids is 3. The van der Waals surface area contributed by atoms with Crippen molar-refractivity contribution in [2.75, 3.05) is 4.90 Å². The first-order valence-corrected chi connectivity index (χ1v) is 11.9. The molecule has 0 aliphatic carbocycles. The Morgan fingerprint density at radius 2 is 1.59 bits per heavy atom. The van der Waals surface area contributed by atoms with Crippen molar-refractivity contribution in [3.8, 4) is 0 Å². The Labute approximate surface area is 210 Å². The molecule has 0 bridgehead atoms. The molecule has 1 saturated heterocycles. The highest BCUT2D eigenvalue weighted by Crippen LogP contribution is 2.44. The average molecular weight is 506 g/mol. The second kappa shape index (κ2) is 9.06. The van der Waals surface area contributed by atoms with E-state index in [1.165, 1.54) is 0 Å². The normalized spacial score (nSPS) is 17.4. The van der Waals surface area contributed by atoms with E-state index in [1.54, 1.807) is 29.2 Å². The SMILES string of the molecule is O=C(NN1C(=O)C(=C2C(=O)N(Cc3ccccc3)c3ccccc32)SC1=S)c1ccccc1Cl. The van der Waals surface area contributed by atoms with Crippen LogP contribution >= 0.6 is 35.6 Å². The minimum Gasteiger partial charge on any atom is -0.303 e. The summed E-state index contributed by atoms with van der Waals surface area (Å²) in [5.41, 5.74) is 5.34. The number of hydrogen-bond acceptors (Lipinski definition) is 5. The Balaban J connectivity index is 1.48. The number of hydrogen-bond donors (Lipinski definition) is 1. The summed E-state index contributed by atoms with van der Waals surface area (Å²) in [6, 6.07) is 23.4. The van der Waals surface area contributed by atoms with Crippen LogP contribution in [0.3, 0.4) is 0 Å². The van der Waals surface area contributed by atoms with Gasteiger partial charge in [0, 0.05) is 5.56 Å². The fraction of sp³-hybridized carbons (Fsp3) is 0.0400. The molecule has 5 rings (SSSR count). The number of thioether (sulfide) groups is 1. The molecule has 1 fully saturated rings. The molecule has 0 aromatic heterocycles. The number of halogens is 1. The van der Waals surface area contributed by atoms with Gasteiger partial charge in [-0.05, 0) is 36.0 Å². The number of para-hydroxylation sites is 1. The predicted molar refractivity (Wildman–Crippen MR) is 137 cm³/mol. The van der Waals surface area contributed by atoms with Crippen molar-refractivity contribution in [3.63, 3.8) is 0 Å². The zero-order chi connectivity index (χ0) is 23.8. The minimum absolute atomic E-state index is 0.125. The van der Waals surface area contributed by atoms with Crippen LogP contribution in [-0.2, 0) is 16.1 Å². The zero-order valence-corrected chi connectivity index (χ0v) is 19.9. The van der Waals surface area contributed by atoms with E-state index in [-0.39, 0.29) is 31.3 Å². The van der Waals surface area contributed by atoms with E-state index in [9.17, 15) is 14.4 Å². The van der Waals surface area contributed by atoms with E-state index >= 15 is 0 Å². The molecule has 0 radical (unpaired) electrons. The Bertz CT molecular complexity index is 1390. The van der Waals surface area contributed by atoms with E-state index in [2.05, 4.69) is 5.43 Å². The van der Waals surface area contributed by atoms with Gasteiger partial charge in [-0.25, -0.2) is 0 Å². The number of fused-ring (bicyclic) bond motifs is 1. The maximum absolute atomic E-state index is 13.5. The number of hydrazine groups is 1. The molecule has 0 unspecified atom stereocenters. The van der Waals surface area contributed by atoms with Crippen LogP contribution in [-0.4, -0.2) is 27.1 Å². The molecular formula is C25H16ClN3O3S2. The number of rotatable bonds is 4. The van der Waals surface area contributed by atoms with E-state index in [0.29, 0.717) is 12.1 Å². The van der Waals surface area contributed by atoms with Gasteiger partial charge in [-0.1, -0.05) is 84.0 Å². The lowest BCUT2D eigenvalue weighted by Crippen LogP contribution is -2.45. The summed E-state index contributed by atoms with van der Waals surface area (Å²) in [5.74, 6) is -1.42. The molecule has 0 spiro atoms. The summed E-state index contributed by atoms with van der Waals surface area (Å²) in [6.45, 7) is 0.365. The number of benzene rings is 3. The standard InChI is InChI=1S/C25H16ClN3O3S2/c26-18-12-6-4-10-16(18)22(30)27-29-24(32)21(34-25(29)33)20-17-11-5-7-13-19(17)28(23(20)31)14-15-8-2-1-3-9-15/h1-13H,14H2,(H,27,30). The maximum Gasteiger partial charge on any atom is 0.286 e. The third kappa shape index (κ3) is 3.90. The van der Waals surface area contributed by atoms with Crippen LogP contribution in [0.15, 0.2) is 83.8 Å². The summed E-state index contributed by atoms with van der Waals surface area (Å²) in [7, 11) is 0. The number of anilines is 1. The van der Waals surface area contributed by atoms with Crippen molar-refractivity contribution in [1.82, 2.24) is 10.4 Å². The first kappa shape index (κ1) is 22.3. The van der Waals surface area contributed by atoms with Crippen molar-refractivity contribution in [2.24, 2.45) is 0 Å². The molecule has 34 heavy (non-hydrogen) atoms. The van der Waals surface area contributed by atoms with Gasteiger partial charge in [0.2, 0.25) is 0 Å². The van der Waals surface area contributed by atoms with Crippen LogP contribution in [0.2, 0.25) is 5.02 Å². The fourth-order valence-electron chi connectivity index (χ4n) is 3.84. The van der Waals surface area contributed by atoms with Gasteiger partial charge in [0.1, 0.15) is 0 Å². The monoisotopic (exact) mass is 505 g/mol. The van der Waals surface area contributed by atoms with Gasteiger partial charge in [0.05, 0.1) is 33.3 Å². The first-order valence-electron chi connectivity index (χ1n) is 10.3. The van der Waals surface area contributed by atoms with Gasteiger partial charge < -0.3 is 4.90 Å². The lowest BCUT2D eigenvalue weighted by Gasteiger charge is -2.17. The molecule has 1 N–H and O–H groups in total. The van der Waals surface area contributed by atoms with Crippen LogP contribution < -0.4 is 10.3 Å². The molecule has 0 saturated carbocycles. The lowest BCUT2D eigenvalue weighted by atomic mass is 10.1. The van der Waals surface area contributed by atoms with E-state index in [1.807, 2.05) is 54.6 Å². The van der Waals surface area contributed by atoms with Crippen molar-refractivity contribution < 1.29 is 14.4 Å². The fourth-order valence-corrected chi connectivity index (χ4v) is 5.32. The molecule has 3 aromatic rings. The van der Waals surface area contributed by atoms with Crippen LogP contribution in [0.4, 0.5) is 5.69 Å². The van der Waals surface area contributed by atoms with Crippen LogP contribution in [0.5, 0.6) is 0 Å². The van der Waals surface area contributed by atoms with Crippen molar-refractivity contribution >= 4 is 68.9 Å². The van der Waals surface area contributed by atoms with E-state index in [4.69, 9.17) is 23.8 Å². The van der Waals surface area contributed by atoms with Gasteiger partial charge in [0.15, 0.2) is 4.32 Å². The summed E-state index contributed by atoms with van der Waals surface area (Å²) in [6.07, 6.45) is 0. The number of carbonyl (C=O) groups is 3. The number of thiocarbonyl (C=S) groups is 1. The molecule has 3 aromatic carbocycles. The highest BCUT2D eigenvalue weighted by Gasteiger charge is 2.42. The van der Waals surface area contributed by atoms with E-state index in [0.717, 1.165) is 28.0 Å². The molecule has 2 heterocycles. The van der Waals surface area contributed by atoms with Gasteiger partial charge >= 0.3 is 0 Å². The Kier molecular flexibility index (Phi) is 5.95. The quantitative estimate of drug-likeness (QED) is 0.407. The Morgan fingerprint density at radius 1 is 0.912 bits per heavy atom. The average Bonchev–Trinajstić information content (AvgIpc) is 3.27. The summed E-state index contributed by atoms with van der Waals surface area (Å²) in [4.78, 5) is 41.4. The van der Waals surface area contributed by atoms with Crippen molar-refractivity contribution in [1.29, 1.82) is 0 Å². The van der Waals surface area contributed by atoms with Crippen molar-refractivity contribution in [3.05, 3.63) is 105 Å². The van der Waals surface area contributed by atoms with Gasteiger partial charge in [-0.15, -0.1) is 0 Å². The largest absolute Gasteiger partial charge is 0.303 e. The van der Waals surface area contributed by atoms with Crippen LogP contribution in [0.1, 0.15) is 21.5 Å². The van der Waals surface area contributed by atoms with E-state index < -0.39 is 11.8 Å². The zero-order valence-electron chi connectivity index (χ0n) is 17.5. The lowest BCUT2D eigenvalue weighted by molar-refractivity contribution is -0.124. The molecule has 0 atom stereocenters. The summed E-state index contributed by atoms with van der Waals surface area (Å²) >= 11 is 12.5. The first-order chi connectivity index (χ1) is 16.5. The number of nitrogens with zero attached hydrogens (tertiary/aromatic N) is 2. The van der Waals surface area contributed by atoms with Gasteiger partial charge in [0.25, 0.3) is 17.7 Å². The number of nitrogens with one attached hydrogen (secondary N) is 1. The predicted octanol–water partition coefficient (Wildman–Crippen LogP) is 4.80.